The number of benzene rings is 1. The highest BCUT2D eigenvalue weighted by Crippen LogP contribution is 2.26. The molecule has 1 aromatic heterocycles. The molecule has 0 aliphatic rings. The summed E-state index contributed by atoms with van der Waals surface area (Å²) in [6.45, 7) is 3.66. The topological polar surface area (TPSA) is 56.0 Å². The minimum absolute atomic E-state index is 0.0174. The number of rotatable bonds is 4. The van der Waals surface area contributed by atoms with Crippen LogP contribution >= 0.6 is 0 Å². The maximum Gasteiger partial charge on any atom is 0.147 e. The van der Waals surface area contributed by atoms with Gasteiger partial charge in [0, 0.05) is 23.6 Å². The van der Waals surface area contributed by atoms with Crippen LogP contribution in [0.15, 0.2) is 42.6 Å². The lowest BCUT2D eigenvalue weighted by Crippen LogP contribution is -2.30. The summed E-state index contributed by atoms with van der Waals surface area (Å²) >= 11 is 0. The molecule has 2 aromatic rings. The summed E-state index contributed by atoms with van der Waals surface area (Å²) in [5.74, 6) is 0.0769. The van der Waals surface area contributed by atoms with Crippen molar-refractivity contribution in [3.63, 3.8) is 0 Å². The number of halogens is 1. The molecule has 1 heterocycles. The van der Waals surface area contributed by atoms with Crippen LogP contribution in [0.4, 0.5) is 10.2 Å². The summed E-state index contributed by atoms with van der Waals surface area (Å²) < 4.78 is 13.0. The molecule has 0 bridgehead atoms. The fourth-order valence-electron chi connectivity index (χ4n) is 2.02. The Morgan fingerprint density at radius 2 is 1.90 bits per heavy atom. The third-order valence-corrected chi connectivity index (χ3v) is 3.54. The third-order valence-electron chi connectivity index (χ3n) is 3.54. The molecule has 20 heavy (non-hydrogen) atoms. The van der Waals surface area contributed by atoms with Gasteiger partial charge in [0.2, 0.25) is 0 Å². The fourth-order valence-corrected chi connectivity index (χ4v) is 2.02. The van der Waals surface area contributed by atoms with Gasteiger partial charge in [0.15, 0.2) is 0 Å². The lowest BCUT2D eigenvalue weighted by atomic mass is 9.78. The average Bonchev–Trinajstić information content (AvgIpc) is 2.41. The number of aromatic nitrogens is 1. The van der Waals surface area contributed by atoms with Gasteiger partial charge in [-0.25, -0.2) is 9.37 Å². The van der Waals surface area contributed by atoms with E-state index >= 15 is 0 Å². The molecule has 0 spiro atoms. The maximum atomic E-state index is 13.0. The standard InChI is InChI=1S/C16H17FN2O/c1-16(2,12-5-7-13(17)8-6-12)14(20)10-11-4-3-9-19-15(11)18/h3-9H,10H2,1-2H3,(H2,18,19). The molecule has 0 radical (unpaired) electrons. The Hall–Kier alpha value is -2.23. The molecule has 2 N–H and O–H groups in total. The molecule has 0 aliphatic carbocycles. The highest BCUT2D eigenvalue weighted by Gasteiger charge is 2.29. The number of ketones is 1. The van der Waals surface area contributed by atoms with E-state index in [4.69, 9.17) is 5.73 Å². The van der Waals surface area contributed by atoms with Crippen LogP contribution in [0.3, 0.4) is 0 Å². The minimum Gasteiger partial charge on any atom is -0.383 e. The average molecular weight is 272 g/mol. The molecular formula is C16H17FN2O. The maximum absolute atomic E-state index is 13.0. The van der Waals surface area contributed by atoms with Crippen LogP contribution in [0.2, 0.25) is 0 Å². The van der Waals surface area contributed by atoms with Gasteiger partial charge in [-0.15, -0.1) is 0 Å². The first-order chi connectivity index (χ1) is 9.41. The number of anilines is 1. The SMILES string of the molecule is CC(C)(C(=O)Cc1cccnc1N)c1ccc(F)cc1. The molecule has 3 nitrogen and oxygen atoms in total. The number of nitrogen functional groups attached to an aromatic ring is 1. The van der Waals surface area contributed by atoms with Gasteiger partial charge < -0.3 is 5.73 Å². The Bertz CT molecular complexity index is 621. The van der Waals surface area contributed by atoms with Crippen molar-refractivity contribution in [3.05, 3.63) is 59.5 Å². The number of hydrogen-bond donors (Lipinski definition) is 1. The molecular weight excluding hydrogens is 255 g/mol. The van der Waals surface area contributed by atoms with Crippen LogP contribution < -0.4 is 5.73 Å². The van der Waals surface area contributed by atoms with Gasteiger partial charge in [0.05, 0.1) is 0 Å². The summed E-state index contributed by atoms with van der Waals surface area (Å²) in [5.41, 5.74) is 6.56. The van der Waals surface area contributed by atoms with E-state index < -0.39 is 5.41 Å². The van der Waals surface area contributed by atoms with E-state index in [0.29, 0.717) is 11.4 Å². The molecule has 0 saturated heterocycles. The van der Waals surface area contributed by atoms with Crippen LogP contribution in [0.5, 0.6) is 0 Å². The van der Waals surface area contributed by atoms with Crippen molar-refractivity contribution >= 4 is 11.6 Å². The lowest BCUT2D eigenvalue weighted by molar-refractivity contribution is -0.122. The van der Waals surface area contributed by atoms with E-state index in [0.717, 1.165) is 5.56 Å². The second-order valence-corrected chi connectivity index (χ2v) is 5.28. The van der Waals surface area contributed by atoms with Crippen LogP contribution in [-0.4, -0.2) is 10.8 Å². The molecule has 2 rings (SSSR count). The van der Waals surface area contributed by atoms with Crippen molar-refractivity contribution in [2.24, 2.45) is 0 Å². The summed E-state index contributed by atoms with van der Waals surface area (Å²) in [7, 11) is 0. The zero-order valence-electron chi connectivity index (χ0n) is 11.6. The second-order valence-electron chi connectivity index (χ2n) is 5.28. The first-order valence-corrected chi connectivity index (χ1v) is 6.40. The van der Waals surface area contributed by atoms with E-state index in [2.05, 4.69) is 4.98 Å². The highest BCUT2D eigenvalue weighted by molar-refractivity contribution is 5.91. The number of hydrogen-bond acceptors (Lipinski definition) is 3. The number of pyridine rings is 1. The molecule has 0 fully saturated rings. The number of carbonyl (C=O) groups is 1. The highest BCUT2D eigenvalue weighted by atomic mass is 19.1. The van der Waals surface area contributed by atoms with Crippen molar-refractivity contribution in [1.29, 1.82) is 0 Å². The van der Waals surface area contributed by atoms with Crippen LogP contribution in [0, 0.1) is 5.82 Å². The Kier molecular flexibility index (Phi) is 3.84. The van der Waals surface area contributed by atoms with Gasteiger partial charge in [-0.2, -0.15) is 0 Å². The van der Waals surface area contributed by atoms with Crippen molar-refractivity contribution in [3.8, 4) is 0 Å². The second kappa shape index (κ2) is 5.41. The van der Waals surface area contributed by atoms with Gasteiger partial charge in [-0.1, -0.05) is 18.2 Å². The van der Waals surface area contributed by atoms with E-state index in [1.54, 1.807) is 30.5 Å². The van der Waals surface area contributed by atoms with E-state index in [9.17, 15) is 9.18 Å². The molecule has 1 aromatic carbocycles. The Labute approximate surface area is 117 Å². The first kappa shape index (κ1) is 14.2. The molecule has 0 aliphatic heterocycles. The predicted octanol–water partition coefficient (Wildman–Crippen LogP) is 2.89. The molecule has 0 atom stereocenters. The van der Waals surface area contributed by atoms with Gasteiger partial charge in [-0.3, -0.25) is 4.79 Å². The van der Waals surface area contributed by atoms with Crippen molar-refractivity contribution < 1.29 is 9.18 Å². The molecule has 4 heteroatoms. The molecule has 0 saturated carbocycles. The number of carbonyl (C=O) groups excluding carboxylic acids is 1. The van der Waals surface area contributed by atoms with Crippen LogP contribution in [-0.2, 0) is 16.6 Å². The largest absolute Gasteiger partial charge is 0.383 e. The van der Waals surface area contributed by atoms with Gasteiger partial charge in [0.1, 0.15) is 17.4 Å². The van der Waals surface area contributed by atoms with Gasteiger partial charge >= 0.3 is 0 Å². The number of nitrogens with two attached hydrogens (primary N) is 1. The predicted molar refractivity (Wildman–Crippen MR) is 76.8 cm³/mol. The van der Waals surface area contributed by atoms with Crippen molar-refractivity contribution in [2.45, 2.75) is 25.7 Å². The summed E-state index contributed by atoms with van der Waals surface area (Å²) in [6.07, 6.45) is 1.80. The third kappa shape index (κ3) is 2.85. The van der Waals surface area contributed by atoms with Gasteiger partial charge in [0.25, 0.3) is 0 Å². The Balaban J connectivity index is 2.23. The van der Waals surface area contributed by atoms with Crippen LogP contribution in [0.25, 0.3) is 0 Å². The van der Waals surface area contributed by atoms with Gasteiger partial charge in [-0.05, 0) is 37.6 Å². The van der Waals surface area contributed by atoms with E-state index in [-0.39, 0.29) is 18.0 Å². The van der Waals surface area contributed by atoms with E-state index in [1.807, 2.05) is 13.8 Å². The smallest absolute Gasteiger partial charge is 0.147 e. The number of nitrogens with zero attached hydrogens (tertiary/aromatic N) is 1. The first-order valence-electron chi connectivity index (χ1n) is 6.40. The normalized spacial score (nSPS) is 11.3. The summed E-state index contributed by atoms with van der Waals surface area (Å²) in [4.78, 5) is 16.5. The zero-order valence-corrected chi connectivity index (χ0v) is 11.6. The molecule has 104 valence electrons. The van der Waals surface area contributed by atoms with Crippen molar-refractivity contribution in [1.82, 2.24) is 4.98 Å². The Morgan fingerprint density at radius 3 is 2.50 bits per heavy atom. The Morgan fingerprint density at radius 1 is 1.25 bits per heavy atom. The zero-order chi connectivity index (χ0) is 14.8. The minimum atomic E-state index is -0.698. The quantitative estimate of drug-likeness (QED) is 0.931. The number of Topliss-reactive ketones (excluding diaryl/α,β-unsaturated/α-hetero) is 1. The van der Waals surface area contributed by atoms with E-state index in [1.165, 1.54) is 12.1 Å². The van der Waals surface area contributed by atoms with Crippen LogP contribution in [0.1, 0.15) is 25.0 Å². The summed E-state index contributed by atoms with van der Waals surface area (Å²) in [6, 6.07) is 9.55. The monoisotopic (exact) mass is 272 g/mol. The lowest BCUT2D eigenvalue weighted by Gasteiger charge is -2.24. The molecule has 0 amide bonds. The molecule has 0 unspecified atom stereocenters. The van der Waals surface area contributed by atoms with Crippen molar-refractivity contribution in [2.75, 3.05) is 5.73 Å². The fraction of sp³-hybridized carbons (Fsp3) is 0.250. The summed E-state index contributed by atoms with van der Waals surface area (Å²) in [5, 5.41) is 0.